The number of fused-ring (bicyclic) bond motifs is 1. The minimum atomic E-state index is -0.0970. The van der Waals surface area contributed by atoms with Crippen LogP contribution in [0.5, 0.6) is 0 Å². The zero-order valence-electron chi connectivity index (χ0n) is 14.1. The molecule has 0 aliphatic rings. The van der Waals surface area contributed by atoms with Crippen LogP contribution in [-0.4, -0.2) is 15.9 Å². The van der Waals surface area contributed by atoms with Crippen molar-refractivity contribution in [2.45, 2.75) is 6.54 Å². The molecule has 4 rings (SSSR count). The Labute approximate surface area is 151 Å². The first-order chi connectivity index (χ1) is 12.8. The number of rotatable bonds is 4. The van der Waals surface area contributed by atoms with Crippen molar-refractivity contribution in [3.05, 3.63) is 96.4 Å². The highest BCUT2D eigenvalue weighted by molar-refractivity contribution is 5.98. The molecule has 0 bridgehead atoms. The molecule has 4 heteroatoms. The summed E-state index contributed by atoms with van der Waals surface area (Å²) < 4.78 is 0. The van der Waals surface area contributed by atoms with Gasteiger partial charge in [-0.15, -0.1) is 0 Å². The molecule has 4 nitrogen and oxygen atoms in total. The number of amides is 1. The average Bonchev–Trinajstić information content (AvgIpc) is 2.72. The zero-order chi connectivity index (χ0) is 17.8. The zero-order valence-corrected chi connectivity index (χ0v) is 14.1. The topological polar surface area (TPSA) is 54.9 Å². The quantitative estimate of drug-likeness (QED) is 0.605. The second kappa shape index (κ2) is 7.15. The first kappa shape index (κ1) is 16.0. The van der Waals surface area contributed by atoms with Gasteiger partial charge in [0.2, 0.25) is 0 Å². The molecule has 1 N–H and O–H groups in total. The third-order valence-corrected chi connectivity index (χ3v) is 4.30. The maximum Gasteiger partial charge on any atom is 0.251 e. The molecule has 1 amide bonds. The molecule has 2 aromatic carbocycles. The summed E-state index contributed by atoms with van der Waals surface area (Å²) in [7, 11) is 0. The van der Waals surface area contributed by atoms with Gasteiger partial charge in [0.1, 0.15) is 0 Å². The molecule has 0 aliphatic carbocycles. The van der Waals surface area contributed by atoms with Crippen molar-refractivity contribution in [3.8, 4) is 11.3 Å². The summed E-state index contributed by atoms with van der Waals surface area (Å²) in [6.45, 7) is 0.414. The lowest BCUT2D eigenvalue weighted by atomic mass is 10.1. The molecule has 2 aromatic heterocycles. The Morgan fingerprint density at radius 2 is 1.65 bits per heavy atom. The third kappa shape index (κ3) is 3.30. The fourth-order valence-corrected chi connectivity index (χ4v) is 2.96. The van der Waals surface area contributed by atoms with Crippen molar-refractivity contribution in [3.63, 3.8) is 0 Å². The number of aromatic nitrogens is 2. The molecule has 126 valence electrons. The van der Waals surface area contributed by atoms with Gasteiger partial charge in [0.05, 0.1) is 5.69 Å². The molecule has 26 heavy (non-hydrogen) atoms. The molecule has 0 fully saturated rings. The van der Waals surface area contributed by atoms with Gasteiger partial charge in [0.25, 0.3) is 5.91 Å². The van der Waals surface area contributed by atoms with Gasteiger partial charge in [0.15, 0.2) is 0 Å². The van der Waals surface area contributed by atoms with Crippen LogP contribution in [0.4, 0.5) is 0 Å². The van der Waals surface area contributed by atoms with E-state index < -0.39 is 0 Å². The Hall–Kier alpha value is -3.53. The Bertz CT molecular complexity index is 1060. The van der Waals surface area contributed by atoms with Gasteiger partial charge >= 0.3 is 0 Å². The smallest absolute Gasteiger partial charge is 0.251 e. The van der Waals surface area contributed by atoms with E-state index in [0.29, 0.717) is 12.1 Å². The Balaban J connectivity index is 1.54. The van der Waals surface area contributed by atoms with Crippen LogP contribution >= 0.6 is 0 Å². The van der Waals surface area contributed by atoms with Crippen molar-refractivity contribution < 1.29 is 4.79 Å². The predicted molar refractivity (Wildman–Crippen MR) is 103 cm³/mol. The number of nitrogens with one attached hydrogen (secondary N) is 1. The summed E-state index contributed by atoms with van der Waals surface area (Å²) in [5.41, 5.74) is 3.45. The monoisotopic (exact) mass is 339 g/mol. The maximum absolute atomic E-state index is 12.6. The predicted octanol–water partition coefficient (Wildman–Crippen LogP) is 4.23. The lowest BCUT2D eigenvalue weighted by Crippen LogP contribution is -2.23. The second-order valence-corrected chi connectivity index (χ2v) is 5.99. The molecule has 0 aliphatic heterocycles. The van der Waals surface area contributed by atoms with E-state index in [1.165, 1.54) is 0 Å². The fourth-order valence-electron chi connectivity index (χ4n) is 2.96. The highest BCUT2D eigenvalue weighted by Crippen LogP contribution is 2.20. The fraction of sp³-hybridized carbons (Fsp3) is 0.0455. The minimum Gasteiger partial charge on any atom is -0.348 e. The SMILES string of the molecule is O=C(NCc1cccnc1-c1ccncc1)c1ccc2ccccc2c1. The van der Waals surface area contributed by atoms with Gasteiger partial charge < -0.3 is 5.32 Å². The van der Waals surface area contributed by atoms with Crippen LogP contribution in [0.3, 0.4) is 0 Å². The van der Waals surface area contributed by atoms with E-state index in [0.717, 1.165) is 27.6 Å². The molecular weight excluding hydrogens is 322 g/mol. The van der Waals surface area contributed by atoms with Gasteiger partial charge in [-0.1, -0.05) is 36.4 Å². The largest absolute Gasteiger partial charge is 0.348 e. The molecule has 0 atom stereocenters. The van der Waals surface area contributed by atoms with Crippen molar-refractivity contribution in [2.75, 3.05) is 0 Å². The molecule has 0 radical (unpaired) electrons. The lowest BCUT2D eigenvalue weighted by Gasteiger charge is -2.10. The minimum absolute atomic E-state index is 0.0970. The van der Waals surface area contributed by atoms with Crippen molar-refractivity contribution in [1.82, 2.24) is 15.3 Å². The molecular formula is C22H17N3O. The number of hydrogen-bond donors (Lipinski definition) is 1. The van der Waals surface area contributed by atoms with Gasteiger partial charge in [-0.25, -0.2) is 0 Å². The van der Waals surface area contributed by atoms with E-state index in [1.807, 2.05) is 66.7 Å². The Morgan fingerprint density at radius 3 is 2.50 bits per heavy atom. The van der Waals surface area contributed by atoms with E-state index in [2.05, 4.69) is 15.3 Å². The highest BCUT2D eigenvalue weighted by atomic mass is 16.1. The van der Waals surface area contributed by atoms with Crippen molar-refractivity contribution in [1.29, 1.82) is 0 Å². The van der Waals surface area contributed by atoms with E-state index in [1.54, 1.807) is 18.6 Å². The van der Waals surface area contributed by atoms with Crippen LogP contribution in [0.1, 0.15) is 15.9 Å². The number of pyridine rings is 2. The molecule has 0 saturated carbocycles. The normalized spacial score (nSPS) is 10.6. The summed E-state index contributed by atoms with van der Waals surface area (Å²) in [6.07, 6.45) is 5.23. The molecule has 4 aromatic rings. The number of carbonyl (C=O) groups is 1. The second-order valence-electron chi connectivity index (χ2n) is 5.99. The Morgan fingerprint density at radius 1 is 0.846 bits per heavy atom. The summed E-state index contributed by atoms with van der Waals surface area (Å²) in [5.74, 6) is -0.0970. The van der Waals surface area contributed by atoms with Gasteiger partial charge in [0, 0.05) is 36.3 Å². The number of carbonyl (C=O) groups excluding carboxylic acids is 1. The molecule has 0 saturated heterocycles. The van der Waals surface area contributed by atoms with Crippen molar-refractivity contribution in [2.24, 2.45) is 0 Å². The lowest BCUT2D eigenvalue weighted by molar-refractivity contribution is 0.0951. The summed E-state index contributed by atoms with van der Waals surface area (Å²) in [4.78, 5) is 21.1. The van der Waals surface area contributed by atoms with E-state index in [4.69, 9.17) is 0 Å². The van der Waals surface area contributed by atoms with Crippen LogP contribution in [0.15, 0.2) is 85.3 Å². The van der Waals surface area contributed by atoms with E-state index >= 15 is 0 Å². The van der Waals surface area contributed by atoms with Crippen LogP contribution in [0.2, 0.25) is 0 Å². The first-order valence-electron chi connectivity index (χ1n) is 8.42. The summed E-state index contributed by atoms with van der Waals surface area (Å²) >= 11 is 0. The van der Waals surface area contributed by atoms with Crippen LogP contribution in [-0.2, 0) is 6.54 Å². The number of hydrogen-bond acceptors (Lipinski definition) is 3. The van der Waals surface area contributed by atoms with E-state index in [-0.39, 0.29) is 5.91 Å². The number of nitrogens with zero attached hydrogens (tertiary/aromatic N) is 2. The molecule has 2 heterocycles. The van der Waals surface area contributed by atoms with Crippen molar-refractivity contribution >= 4 is 16.7 Å². The highest BCUT2D eigenvalue weighted by Gasteiger charge is 2.10. The van der Waals surface area contributed by atoms with Crippen LogP contribution < -0.4 is 5.32 Å². The molecule has 0 unspecified atom stereocenters. The molecule has 0 spiro atoms. The summed E-state index contributed by atoms with van der Waals surface area (Å²) in [5, 5.41) is 5.17. The third-order valence-electron chi connectivity index (χ3n) is 4.30. The maximum atomic E-state index is 12.6. The van der Waals surface area contributed by atoms with Gasteiger partial charge in [-0.05, 0) is 46.7 Å². The van der Waals surface area contributed by atoms with Crippen LogP contribution in [0.25, 0.3) is 22.0 Å². The first-order valence-corrected chi connectivity index (χ1v) is 8.42. The standard InChI is InChI=1S/C22H17N3O/c26-22(19-8-7-16-4-1-2-5-18(16)14-19)25-15-20-6-3-11-24-21(20)17-9-12-23-13-10-17/h1-14H,15H2,(H,25,26). The Kier molecular flexibility index (Phi) is 4.39. The van der Waals surface area contributed by atoms with Gasteiger partial charge in [-0.3, -0.25) is 14.8 Å². The average molecular weight is 339 g/mol. The van der Waals surface area contributed by atoms with E-state index in [9.17, 15) is 4.79 Å². The summed E-state index contributed by atoms with van der Waals surface area (Å²) in [6, 6.07) is 21.4. The van der Waals surface area contributed by atoms with Crippen LogP contribution in [0, 0.1) is 0 Å². The van der Waals surface area contributed by atoms with Gasteiger partial charge in [-0.2, -0.15) is 0 Å². The number of benzene rings is 2.